The van der Waals surface area contributed by atoms with E-state index in [0.29, 0.717) is 38.4 Å². The lowest BCUT2D eigenvalue weighted by molar-refractivity contribution is -0.134. The van der Waals surface area contributed by atoms with Gasteiger partial charge in [-0.3, -0.25) is 24.2 Å². The lowest BCUT2D eigenvalue weighted by atomic mass is 9.91. The van der Waals surface area contributed by atoms with E-state index >= 15 is 0 Å². The molecule has 0 aliphatic carbocycles. The molecule has 1 atom stereocenters. The molecular formula is C25H30N6O2. The van der Waals surface area contributed by atoms with Crippen molar-refractivity contribution in [2.45, 2.75) is 13.3 Å². The molecule has 0 saturated carbocycles. The molecule has 1 aliphatic heterocycles. The highest BCUT2D eigenvalue weighted by Crippen LogP contribution is 2.26. The number of aryl methyl sites for hydroxylation is 1. The van der Waals surface area contributed by atoms with Crippen molar-refractivity contribution in [2.75, 3.05) is 38.0 Å². The van der Waals surface area contributed by atoms with E-state index in [9.17, 15) is 9.59 Å². The zero-order valence-corrected chi connectivity index (χ0v) is 19.1. The summed E-state index contributed by atoms with van der Waals surface area (Å²) in [6, 6.07) is 13.9. The van der Waals surface area contributed by atoms with Crippen molar-refractivity contribution < 1.29 is 9.59 Å². The maximum absolute atomic E-state index is 13.3. The molecule has 3 aromatic rings. The summed E-state index contributed by atoms with van der Waals surface area (Å²) in [4.78, 5) is 34.2. The van der Waals surface area contributed by atoms with Gasteiger partial charge < -0.3 is 10.2 Å². The van der Waals surface area contributed by atoms with Crippen LogP contribution in [0.2, 0.25) is 0 Å². The van der Waals surface area contributed by atoms with Gasteiger partial charge in [0.1, 0.15) is 0 Å². The molecule has 0 unspecified atom stereocenters. The first-order valence-corrected chi connectivity index (χ1v) is 11.3. The Kier molecular flexibility index (Phi) is 7.14. The Morgan fingerprint density at radius 2 is 2.00 bits per heavy atom. The molecular weight excluding hydrogens is 416 g/mol. The summed E-state index contributed by atoms with van der Waals surface area (Å²) < 4.78 is 1.65. The molecule has 8 nitrogen and oxygen atoms in total. The number of benzene rings is 1. The molecule has 0 radical (unpaired) electrons. The number of hydrogen-bond acceptors (Lipinski definition) is 5. The third-order valence-electron chi connectivity index (χ3n) is 6.01. The number of aromatic nitrogens is 3. The number of likely N-dealkylation sites (N-methyl/N-ethyl adjacent to an activating group) is 1. The summed E-state index contributed by atoms with van der Waals surface area (Å²) in [5.74, 6) is 0.324. The Hall–Kier alpha value is -3.52. The maximum atomic E-state index is 13.3. The van der Waals surface area contributed by atoms with Crippen molar-refractivity contribution >= 4 is 17.6 Å². The summed E-state index contributed by atoms with van der Waals surface area (Å²) >= 11 is 0. The van der Waals surface area contributed by atoms with E-state index in [1.54, 1.807) is 23.1 Å². The van der Waals surface area contributed by atoms with Crippen LogP contribution in [0.15, 0.2) is 61.1 Å². The molecule has 8 heteroatoms. The number of nitrogens with zero attached hydrogens (tertiary/aromatic N) is 5. The lowest BCUT2D eigenvalue weighted by Gasteiger charge is -2.24. The summed E-state index contributed by atoms with van der Waals surface area (Å²) in [6.45, 7) is 4.70. The Balaban J connectivity index is 1.51. The first-order valence-electron chi connectivity index (χ1n) is 11.3. The second-order valence-electron chi connectivity index (χ2n) is 8.38. The predicted octanol–water partition coefficient (Wildman–Crippen LogP) is 2.44. The number of rotatable bonds is 7. The zero-order chi connectivity index (χ0) is 23.2. The standard InChI is InChI=1S/C25H30N6O2/c1-3-31-14-13-30(18-24(32)27-23-10-12-29(2)28-23)17-21(25(31)33)15-19-7-4-5-9-22(19)20-8-6-11-26-16-20/h4-12,16,21H,3,13-15,17-18H2,1-2H3,(H,27,28,32)/t21-/m1/s1. The largest absolute Gasteiger partial charge is 0.341 e. The van der Waals surface area contributed by atoms with E-state index in [0.717, 1.165) is 16.7 Å². The molecule has 1 aliphatic rings. The van der Waals surface area contributed by atoms with E-state index in [-0.39, 0.29) is 24.3 Å². The van der Waals surface area contributed by atoms with Crippen molar-refractivity contribution in [3.8, 4) is 11.1 Å². The summed E-state index contributed by atoms with van der Waals surface area (Å²) in [6.07, 6.45) is 6.00. The van der Waals surface area contributed by atoms with Gasteiger partial charge in [0, 0.05) is 63.4 Å². The molecule has 2 amide bonds. The number of hydrogen-bond donors (Lipinski definition) is 1. The van der Waals surface area contributed by atoms with Crippen LogP contribution in [0.4, 0.5) is 5.82 Å². The van der Waals surface area contributed by atoms with Gasteiger partial charge in [-0.25, -0.2) is 0 Å². The van der Waals surface area contributed by atoms with E-state index in [1.807, 2.05) is 49.3 Å². The number of carbonyl (C=O) groups is 2. The minimum absolute atomic E-state index is 0.124. The van der Waals surface area contributed by atoms with E-state index < -0.39 is 0 Å². The second kappa shape index (κ2) is 10.4. The van der Waals surface area contributed by atoms with E-state index in [1.165, 1.54) is 0 Å². The number of pyridine rings is 1. The van der Waals surface area contributed by atoms with Gasteiger partial charge in [0.05, 0.1) is 12.5 Å². The van der Waals surface area contributed by atoms with Crippen LogP contribution in [0.5, 0.6) is 0 Å². The molecule has 172 valence electrons. The van der Waals surface area contributed by atoms with Gasteiger partial charge >= 0.3 is 0 Å². The smallest absolute Gasteiger partial charge is 0.239 e. The van der Waals surface area contributed by atoms with Gasteiger partial charge in [0.25, 0.3) is 0 Å². The molecule has 2 aromatic heterocycles. The maximum Gasteiger partial charge on any atom is 0.239 e. The Bertz CT molecular complexity index is 1100. The van der Waals surface area contributed by atoms with Gasteiger partial charge in [0.2, 0.25) is 11.8 Å². The van der Waals surface area contributed by atoms with Gasteiger partial charge in [-0.1, -0.05) is 30.3 Å². The van der Waals surface area contributed by atoms with Crippen LogP contribution in [0, 0.1) is 5.92 Å². The minimum atomic E-state index is -0.229. The molecule has 4 rings (SSSR count). The van der Waals surface area contributed by atoms with Crippen LogP contribution in [-0.4, -0.2) is 69.1 Å². The fourth-order valence-corrected chi connectivity index (χ4v) is 4.36. The molecule has 1 saturated heterocycles. The van der Waals surface area contributed by atoms with Gasteiger partial charge in [-0.15, -0.1) is 0 Å². The monoisotopic (exact) mass is 446 g/mol. The average Bonchev–Trinajstić information content (AvgIpc) is 3.17. The summed E-state index contributed by atoms with van der Waals surface area (Å²) in [5.41, 5.74) is 3.23. The predicted molar refractivity (Wildman–Crippen MR) is 127 cm³/mol. The second-order valence-corrected chi connectivity index (χ2v) is 8.38. The third kappa shape index (κ3) is 5.64. The first-order chi connectivity index (χ1) is 16.0. The van der Waals surface area contributed by atoms with Crippen LogP contribution in [0.25, 0.3) is 11.1 Å². The fraction of sp³-hybridized carbons (Fsp3) is 0.360. The number of anilines is 1. The van der Waals surface area contributed by atoms with Crippen molar-refractivity contribution in [3.63, 3.8) is 0 Å². The van der Waals surface area contributed by atoms with Gasteiger partial charge in [-0.05, 0) is 30.5 Å². The van der Waals surface area contributed by atoms with E-state index in [2.05, 4.69) is 32.4 Å². The zero-order valence-electron chi connectivity index (χ0n) is 19.1. The lowest BCUT2D eigenvalue weighted by Crippen LogP contribution is -2.38. The van der Waals surface area contributed by atoms with Crippen LogP contribution in [0.1, 0.15) is 12.5 Å². The van der Waals surface area contributed by atoms with Crippen molar-refractivity contribution in [1.29, 1.82) is 0 Å². The first kappa shape index (κ1) is 22.7. The Morgan fingerprint density at radius 1 is 1.15 bits per heavy atom. The van der Waals surface area contributed by atoms with Gasteiger partial charge in [-0.2, -0.15) is 5.10 Å². The third-order valence-corrected chi connectivity index (χ3v) is 6.01. The highest BCUT2D eigenvalue weighted by molar-refractivity contribution is 5.91. The van der Waals surface area contributed by atoms with Crippen LogP contribution >= 0.6 is 0 Å². The molecule has 1 N–H and O–H groups in total. The van der Waals surface area contributed by atoms with Crippen LogP contribution in [0.3, 0.4) is 0 Å². The molecule has 0 spiro atoms. The van der Waals surface area contributed by atoms with Crippen LogP contribution in [-0.2, 0) is 23.1 Å². The quantitative estimate of drug-likeness (QED) is 0.603. The van der Waals surface area contributed by atoms with Crippen molar-refractivity contribution in [2.24, 2.45) is 13.0 Å². The molecule has 1 aromatic carbocycles. The molecule has 33 heavy (non-hydrogen) atoms. The van der Waals surface area contributed by atoms with E-state index in [4.69, 9.17) is 0 Å². The molecule has 1 fully saturated rings. The fourth-order valence-electron chi connectivity index (χ4n) is 4.36. The topological polar surface area (TPSA) is 83.4 Å². The van der Waals surface area contributed by atoms with Crippen molar-refractivity contribution in [3.05, 3.63) is 66.6 Å². The normalized spacial score (nSPS) is 17.1. The summed E-state index contributed by atoms with van der Waals surface area (Å²) in [7, 11) is 1.81. The molecule has 0 bridgehead atoms. The number of carbonyl (C=O) groups excluding carboxylic acids is 2. The van der Waals surface area contributed by atoms with Crippen molar-refractivity contribution in [1.82, 2.24) is 24.6 Å². The summed E-state index contributed by atoms with van der Waals surface area (Å²) in [5, 5.41) is 7.05. The SMILES string of the molecule is CCN1CCN(CC(=O)Nc2ccn(C)n2)C[C@@H](Cc2ccccc2-c2cccnc2)C1=O. The molecule has 3 heterocycles. The number of amides is 2. The Morgan fingerprint density at radius 3 is 2.73 bits per heavy atom. The van der Waals surface area contributed by atoms with Crippen LogP contribution < -0.4 is 5.32 Å². The number of nitrogens with one attached hydrogen (secondary N) is 1. The Labute approximate surface area is 194 Å². The van der Waals surface area contributed by atoms with Gasteiger partial charge in [0.15, 0.2) is 5.82 Å². The minimum Gasteiger partial charge on any atom is -0.341 e. The highest BCUT2D eigenvalue weighted by Gasteiger charge is 2.31. The highest BCUT2D eigenvalue weighted by atomic mass is 16.2. The average molecular weight is 447 g/mol.